The van der Waals surface area contributed by atoms with Crippen LogP contribution >= 0.6 is 0 Å². The molecule has 4 aromatic rings. The van der Waals surface area contributed by atoms with Crippen LogP contribution < -0.4 is 28.4 Å². The zero-order chi connectivity index (χ0) is 55.5. The predicted molar refractivity (Wildman–Crippen MR) is 287 cm³/mol. The number of hydrogen-bond acceptors (Lipinski definition) is 18. The second-order valence-corrected chi connectivity index (χ2v) is 19.0. The van der Waals surface area contributed by atoms with Gasteiger partial charge < -0.3 is 48.3 Å². The van der Waals surface area contributed by atoms with E-state index >= 15 is 0 Å². The average molecular weight is 1070 g/mol. The maximum Gasteiger partial charge on any atom is 0.330 e. The summed E-state index contributed by atoms with van der Waals surface area (Å²) in [5.41, 5.74) is 1.83. The number of unbranched alkanes of at least 4 members (excludes halogenated alkanes) is 6. The number of ether oxygens (including phenoxy) is 8. The molecule has 0 heterocycles. The van der Waals surface area contributed by atoms with Crippen molar-refractivity contribution in [2.75, 3.05) is 26.4 Å². The molecule has 0 bridgehead atoms. The van der Waals surface area contributed by atoms with E-state index in [9.17, 15) is 39.2 Å². The molecular weight excluding hydrogens is 1000 g/mol. The van der Waals surface area contributed by atoms with Gasteiger partial charge in [0.05, 0.1) is 62.5 Å². The Labute approximate surface area is 454 Å². The van der Waals surface area contributed by atoms with Gasteiger partial charge in [0, 0.05) is 23.3 Å². The van der Waals surface area contributed by atoms with E-state index in [0.717, 1.165) is 75.9 Å². The van der Waals surface area contributed by atoms with Gasteiger partial charge in [-0.15, -0.1) is 0 Å². The number of carbonyl (C=O) groups is 6. The number of carbonyl (C=O) groups excluding carboxylic acids is 6. The number of benzene rings is 4. The summed E-state index contributed by atoms with van der Waals surface area (Å²) in [7, 11) is 0. The smallest absolute Gasteiger partial charge is 0.330 e. The molecule has 0 atom stereocenters. The van der Waals surface area contributed by atoms with E-state index in [0.29, 0.717) is 123 Å². The highest BCUT2D eigenvalue weighted by Crippen LogP contribution is 2.36. The minimum absolute atomic E-state index is 0.160. The van der Waals surface area contributed by atoms with Gasteiger partial charge in [0.15, 0.2) is 0 Å². The second kappa shape index (κ2) is 31.7. The maximum absolute atomic E-state index is 13.4. The Morgan fingerprint density at radius 3 is 1.05 bits per heavy atom. The first-order valence-corrected chi connectivity index (χ1v) is 26.5. The van der Waals surface area contributed by atoms with E-state index in [4.69, 9.17) is 37.9 Å². The van der Waals surface area contributed by atoms with E-state index in [1.165, 1.54) is 0 Å². The molecule has 2 fully saturated rings. The number of oxime groups is 2. The fourth-order valence-corrected chi connectivity index (χ4v) is 9.05. The zero-order valence-corrected chi connectivity index (χ0v) is 43.8. The van der Waals surface area contributed by atoms with Crippen molar-refractivity contribution in [3.8, 4) is 45.6 Å². The minimum Gasteiger partial charge on any atom is -0.494 e. The zero-order valence-electron chi connectivity index (χ0n) is 43.8. The average Bonchev–Trinajstić information content (AvgIpc) is 3.49. The molecule has 414 valence electrons. The van der Waals surface area contributed by atoms with Gasteiger partial charge in [0.25, 0.3) is 0 Å². The summed E-state index contributed by atoms with van der Waals surface area (Å²) in [6.07, 6.45) is 14.8. The van der Waals surface area contributed by atoms with Gasteiger partial charge in [-0.05, 0) is 187 Å². The van der Waals surface area contributed by atoms with E-state index < -0.39 is 47.5 Å². The van der Waals surface area contributed by atoms with E-state index in [-0.39, 0.29) is 23.4 Å². The van der Waals surface area contributed by atoms with Gasteiger partial charge in [0.2, 0.25) is 0 Å². The number of rotatable bonds is 29. The lowest BCUT2D eigenvalue weighted by Gasteiger charge is -2.26. The van der Waals surface area contributed by atoms with Crippen LogP contribution in [0.15, 0.2) is 121 Å². The Bertz CT molecular complexity index is 2520. The van der Waals surface area contributed by atoms with Crippen LogP contribution in [-0.4, -0.2) is 85.1 Å². The molecule has 18 nitrogen and oxygen atoms in total. The van der Waals surface area contributed by atoms with Crippen molar-refractivity contribution in [2.24, 2.45) is 34.0 Å². The van der Waals surface area contributed by atoms with Gasteiger partial charge in [0.1, 0.15) is 34.5 Å². The molecule has 4 aromatic carbocycles. The summed E-state index contributed by atoms with van der Waals surface area (Å²) in [4.78, 5) is 75.2. The number of esters is 6. The van der Waals surface area contributed by atoms with E-state index in [1.54, 1.807) is 84.9 Å². The Hall–Kier alpha value is -8.28. The summed E-state index contributed by atoms with van der Waals surface area (Å²) >= 11 is 0. The SMILES string of the molecule is C=CC(=O)OCCCCCCOc1ccc(OC(=O)C2CCC(C(=O)Oc3ccc(-c4ccc(OC(=O)C5CCC(C(=O)Oc6ccc(OCCCCCCOC(=O)C=C)cc6)CC5)c(/C=N/O)c4)cc3/C=N/O)CC2)cc1. The maximum atomic E-state index is 13.4. The lowest BCUT2D eigenvalue weighted by molar-refractivity contribution is -0.145. The Balaban J connectivity index is 0.913. The highest BCUT2D eigenvalue weighted by atomic mass is 16.6. The molecule has 6 rings (SSSR count). The molecule has 0 aromatic heterocycles. The Morgan fingerprint density at radius 2 is 0.731 bits per heavy atom. The third kappa shape index (κ3) is 19.1. The van der Waals surface area contributed by atoms with Crippen LogP contribution in [0.4, 0.5) is 0 Å². The van der Waals surface area contributed by atoms with Crippen LogP contribution in [-0.2, 0) is 38.2 Å². The first-order chi connectivity index (χ1) is 38.0. The molecule has 2 aliphatic rings. The standard InChI is InChI=1S/C60H68N2O16/c1-3-55(63)73-35-11-7-5-9-33-71-49-23-27-51(28-24-49)75-57(65)41-13-17-43(18-14-41)59(67)77-53-31-21-45(37-47(53)39-61-69)46-22-32-54(48(38-46)40-62-70)78-60(68)44-19-15-42(16-20-44)58(66)76-52-29-25-50(26-30-52)72-34-10-6-8-12-36-74-56(64)4-2/h3-4,21-32,37-44,69-70H,1-2,5-20,33-36H2/b61-39+,62-40+. The van der Waals surface area contributed by atoms with Crippen molar-refractivity contribution in [3.05, 3.63) is 121 Å². The summed E-state index contributed by atoms with van der Waals surface area (Å²) in [6, 6.07) is 23.5. The molecule has 0 aliphatic heterocycles. The molecule has 2 saturated carbocycles. The lowest BCUT2D eigenvalue weighted by Crippen LogP contribution is -2.30. The monoisotopic (exact) mass is 1070 g/mol. The summed E-state index contributed by atoms with van der Waals surface area (Å²) in [6.45, 7) is 8.53. The van der Waals surface area contributed by atoms with Crippen molar-refractivity contribution >= 4 is 48.2 Å². The van der Waals surface area contributed by atoms with Gasteiger partial charge >= 0.3 is 35.8 Å². The largest absolute Gasteiger partial charge is 0.494 e. The first kappa shape index (κ1) is 59.0. The predicted octanol–water partition coefficient (Wildman–Crippen LogP) is 10.9. The molecule has 0 unspecified atom stereocenters. The van der Waals surface area contributed by atoms with Crippen LogP contribution in [0.2, 0.25) is 0 Å². The molecule has 18 heteroatoms. The highest BCUT2D eigenvalue weighted by molar-refractivity contribution is 5.91. The molecule has 0 saturated heterocycles. The van der Waals surface area contributed by atoms with Crippen molar-refractivity contribution in [3.63, 3.8) is 0 Å². The molecule has 2 N–H and O–H groups in total. The molecule has 78 heavy (non-hydrogen) atoms. The topological polar surface area (TPSA) is 241 Å². The highest BCUT2D eigenvalue weighted by Gasteiger charge is 2.34. The quantitative estimate of drug-likeness (QED) is 0.00977. The summed E-state index contributed by atoms with van der Waals surface area (Å²) < 4.78 is 44.5. The lowest BCUT2D eigenvalue weighted by atomic mass is 9.82. The molecular formula is C60H68N2O16. The second-order valence-electron chi connectivity index (χ2n) is 19.0. The third-order valence-electron chi connectivity index (χ3n) is 13.5. The van der Waals surface area contributed by atoms with E-state index in [2.05, 4.69) is 23.5 Å². The molecule has 0 amide bonds. The van der Waals surface area contributed by atoms with Gasteiger partial charge in [-0.1, -0.05) is 35.6 Å². The van der Waals surface area contributed by atoms with Crippen LogP contribution in [0, 0.1) is 23.7 Å². The third-order valence-corrected chi connectivity index (χ3v) is 13.5. The normalized spacial score (nSPS) is 17.1. The fraction of sp³-hybridized carbons (Fsp3) is 0.400. The Kier molecular flexibility index (Phi) is 24.0. The van der Waals surface area contributed by atoms with Gasteiger partial charge in [-0.3, -0.25) is 19.2 Å². The first-order valence-electron chi connectivity index (χ1n) is 26.5. The molecule has 0 spiro atoms. The van der Waals surface area contributed by atoms with Crippen molar-refractivity contribution in [1.82, 2.24) is 0 Å². The minimum atomic E-state index is -0.482. The fourth-order valence-electron chi connectivity index (χ4n) is 9.05. The van der Waals surface area contributed by atoms with Gasteiger partial charge in [-0.25, -0.2) is 9.59 Å². The molecule has 0 radical (unpaired) electrons. The van der Waals surface area contributed by atoms with Crippen molar-refractivity contribution in [2.45, 2.75) is 103 Å². The van der Waals surface area contributed by atoms with Crippen LogP contribution in [0.25, 0.3) is 11.1 Å². The van der Waals surface area contributed by atoms with Gasteiger partial charge in [-0.2, -0.15) is 0 Å². The number of nitrogens with zero attached hydrogens (tertiary/aromatic N) is 2. The summed E-state index contributed by atoms with van der Waals surface area (Å²) in [5.74, 6) is -1.87. The molecule has 2 aliphatic carbocycles. The van der Waals surface area contributed by atoms with Crippen LogP contribution in [0.5, 0.6) is 34.5 Å². The van der Waals surface area contributed by atoms with Crippen LogP contribution in [0.1, 0.15) is 114 Å². The van der Waals surface area contributed by atoms with Crippen molar-refractivity contribution in [1.29, 1.82) is 0 Å². The van der Waals surface area contributed by atoms with Crippen molar-refractivity contribution < 1.29 is 77.1 Å². The summed E-state index contributed by atoms with van der Waals surface area (Å²) in [5, 5.41) is 25.4. The van der Waals surface area contributed by atoms with E-state index in [1.807, 2.05) is 0 Å². The Morgan fingerprint density at radius 1 is 0.423 bits per heavy atom. The number of hydrogen-bond donors (Lipinski definition) is 2. The van der Waals surface area contributed by atoms with Crippen LogP contribution in [0.3, 0.4) is 0 Å².